The van der Waals surface area contributed by atoms with E-state index in [0.29, 0.717) is 15.8 Å². The van der Waals surface area contributed by atoms with Gasteiger partial charge in [-0.15, -0.1) is 22.3 Å². The van der Waals surface area contributed by atoms with Crippen LogP contribution in [0.5, 0.6) is 0 Å². The van der Waals surface area contributed by atoms with Gasteiger partial charge in [0.05, 0.1) is 37.7 Å². The normalized spacial score (nSPS) is 42.4. The molecular formula is C21H35O5P. The highest BCUT2D eigenvalue weighted by Crippen LogP contribution is 2.50. The van der Waals surface area contributed by atoms with Crippen molar-refractivity contribution in [3.63, 3.8) is 0 Å². The van der Waals surface area contributed by atoms with E-state index in [9.17, 15) is 9.90 Å². The fourth-order valence-corrected chi connectivity index (χ4v) is 4.52. The third-order valence-corrected chi connectivity index (χ3v) is 7.05. The fraction of sp³-hybridized carbons (Fsp3) is 0.762. The molecule has 1 unspecified atom stereocenters. The van der Waals surface area contributed by atoms with E-state index in [1.807, 2.05) is 18.8 Å². The van der Waals surface area contributed by atoms with Crippen LogP contribution in [0.4, 0.5) is 0 Å². The summed E-state index contributed by atoms with van der Waals surface area (Å²) in [6, 6.07) is 0. The van der Waals surface area contributed by atoms with E-state index < -0.39 is 11.4 Å². The molecule has 5 nitrogen and oxygen atoms in total. The van der Waals surface area contributed by atoms with Crippen molar-refractivity contribution in [3.05, 3.63) is 25.3 Å². The number of carbonyl (C=O) groups is 1. The number of fused-ring (bicyclic) bond motifs is 6. The van der Waals surface area contributed by atoms with Crippen LogP contribution >= 0.6 is 9.18 Å². The Kier molecular flexibility index (Phi) is 6.79. The van der Waals surface area contributed by atoms with Gasteiger partial charge in [0.15, 0.2) is 0 Å². The van der Waals surface area contributed by atoms with Crippen molar-refractivity contribution in [1.82, 2.24) is 0 Å². The Labute approximate surface area is 166 Å². The predicted molar refractivity (Wildman–Crippen MR) is 110 cm³/mol. The highest BCUT2D eigenvalue weighted by atomic mass is 31.0. The molecule has 1 atom stereocenters. The van der Waals surface area contributed by atoms with Gasteiger partial charge in [-0.2, -0.15) is 0 Å². The number of hydrogen-bond donors (Lipinski definition) is 2. The lowest BCUT2D eigenvalue weighted by Gasteiger charge is -2.51. The molecule has 154 valence electrons. The van der Waals surface area contributed by atoms with Gasteiger partial charge in [-0.1, -0.05) is 18.8 Å². The summed E-state index contributed by atoms with van der Waals surface area (Å²) in [7, 11) is 0.333. The van der Waals surface area contributed by atoms with Crippen molar-refractivity contribution < 1.29 is 24.5 Å². The quantitative estimate of drug-likeness (QED) is 0.558. The minimum atomic E-state index is -0.704. The average Bonchev–Trinajstić information content (AvgIpc) is 2.77. The van der Waals surface area contributed by atoms with Crippen molar-refractivity contribution in [2.24, 2.45) is 10.8 Å². The smallest absolute Gasteiger partial charge is 0.311 e. The summed E-state index contributed by atoms with van der Waals surface area (Å²) in [5, 5.41) is 18.3. The Balaban J connectivity index is 0.000000176. The van der Waals surface area contributed by atoms with Crippen LogP contribution in [0.15, 0.2) is 25.3 Å². The summed E-state index contributed by atoms with van der Waals surface area (Å²) < 4.78 is 17.5. The molecule has 2 aliphatic carbocycles. The number of rotatable bonds is 4. The lowest BCUT2D eigenvalue weighted by molar-refractivity contribution is -0.188. The van der Waals surface area contributed by atoms with Crippen molar-refractivity contribution in [2.45, 2.75) is 62.6 Å². The zero-order valence-corrected chi connectivity index (χ0v) is 17.5. The molecule has 27 heavy (non-hydrogen) atoms. The molecule has 2 saturated carbocycles. The molecule has 0 amide bonds. The van der Waals surface area contributed by atoms with Gasteiger partial charge in [-0.3, -0.25) is 4.79 Å². The summed E-state index contributed by atoms with van der Waals surface area (Å²) in [5.74, 6) is -0.704. The fourth-order valence-electron chi connectivity index (χ4n) is 4.52. The van der Waals surface area contributed by atoms with Gasteiger partial charge >= 0.3 is 5.97 Å². The van der Waals surface area contributed by atoms with Crippen LogP contribution in [0.2, 0.25) is 0 Å². The largest absolute Gasteiger partial charge is 0.481 e. The Bertz CT molecular complexity index is 530. The maximum absolute atomic E-state index is 11.0. The first kappa shape index (κ1) is 21.0. The van der Waals surface area contributed by atoms with Crippen LogP contribution in [0, 0.1) is 10.8 Å². The summed E-state index contributed by atoms with van der Waals surface area (Å²) >= 11 is 0. The number of aliphatic hydroxyl groups is 1. The van der Waals surface area contributed by atoms with Gasteiger partial charge in [0.1, 0.15) is 0 Å². The minimum absolute atomic E-state index is 0.0447. The Morgan fingerprint density at radius 1 is 1.04 bits per heavy atom. The van der Waals surface area contributed by atoms with E-state index in [4.69, 9.17) is 15.9 Å². The van der Waals surface area contributed by atoms with Crippen molar-refractivity contribution in [1.29, 1.82) is 1.28 Å². The molecule has 4 aliphatic heterocycles. The molecule has 6 rings (SSSR count). The Morgan fingerprint density at radius 2 is 1.48 bits per heavy atom. The third kappa shape index (κ3) is 4.32. The van der Waals surface area contributed by atoms with Crippen LogP contribution < -0.4 is 0 Å². The molecule has 0 aromatic rings. The molecule has 4 heterocycles. The second kappa shape index (κ2) is 8.73. The van der Waals surface area contributed by atoms with Crippen molar-refractivity contribution >= 4 is 15.2 Å². The van der Waals surface area contributed by atoms with Gasteiger partial charge in [0, 0.05) is 5.41 Å². The van der Waals surface area contributed by atoms with Crippen LogP contribution in [0.3, 0.4) is 0 Å². The number of carboxylic acids is 1. The minimum Gasteiger partial charge on any atom is -0.481 e. The summed E-state index contributed by atoms with van der Waals surface area (Å²) in [6.07, 6.45) is 11.1. The molecule has 0 aromatic carbocycles. The zero-order chi connectivity index (χ0) is 20.9. The number of ether oxygens (including phenoxy) is 2. The highest BCUT2D eigenvalue weighted by Gasteiger charge is 2.52. The van der Waals surface area contributed by atoms with Gasteiger partial charge in [-0.05, 0) is 51.4 Å². The molecule has 6 fully saturated rings. The molecule has 2 N–H and O–H groups in total. The molecule has 6 heteroatoms. The lowest BCUT2D eigenvalue weighted by Crippen LogP contribution is -2.53. The van der Waals surface area contributed by atoms with E-state index in [1.165, 1.54) is 0 Å². The molecule has 0 radical (unpaired) electrons. The van der Waals surface area contributed by atoms with Crippen molar-refractivity contribution in [3.8, 4) is 0 Å². The van der Waals surface area contributed by atoms with E-state index in [1.54, 1.807) is 0 Å². The number of aliphatic carboxylic acids is 1. The Hall–Kier alpha value is -0.740. The number of carboxylic acid groups (broad SMARTS) is 1. The molecule has 4 bridgehead atoms. The zero-order valence-electron chi connectivity index (χ0n) is 17.5. The van der Waals surface area contributed by atoms with Crippen molar-refractivity contribution in [2.75, 3.05) is 26.5 Å². The molecule has 0 aromatic heterocycles. The van der Waals surface area contributed by atoms with Gasteiger partial charge in [0.2, 0.25) is 0 Å². The van der Waals surface area contributed by atoms with Crippen LogP contribution in [0.1, 0.15) is 51.4 Å². The molecule has 0 spiro atoms. The molecule has 4 saturated heterocycles. The van der Waals surface area contributed by atoms with E-state index in [0.717, 1.165) is 58.0 Å². The highest BCUT2D eigenvalue weighted by molar-refractivity contribution is 7.15. The van der Waals surface area contributed by atoms with E-state index in [-0.39, 0.29) is 23.2 Å². The summed E-state index contributed by atoms with van der Waals surface area (Å²) in [6.45, 7) is 10.7. The predicted octanol–water partition coefficient (Wildman–Crippen LogP) is 3.57. The molecule has 6 aliphatic rings. The maximum Gasteiger partial charge on any atom is 0.311 e. The topological polar surface area (TPSA) is 76.0 Å². The van der Waals surface area contributed by atoms with Crippen LogP contribution in [-0.4, -0.2) is 55.1 Å². The number of hydrogen-bond acceptors (Lipinski definition) is 4. The van der Waals surface area contributed by atoms with Crippen LogP contribution in [-0.2, 0) is 14.3 Å². The van der Waals surface area contributed by atoms with E-state index in [2.05, 4.69) is 13.2 Å². The SMILES string of the molecule is C=CC12CCC(C(=O)O)(CC1)CO2.C=CC12CCC(CO)(CC1)CO2.[2H]PC. The maximum atomic E-state index is 11.0. The first-order valence-electron chi connectivity index (χ1n) is 10.3. The monoisotopic (exact) mass is 399 g/mol. The number of aliphatic hydroxyl groups excluding tert-OH is 1. The van der Waals surface area contributed by atoms with Gasteiger partial charge < -0.3 is 19.7 Å². The lowest BCUT2D eigenvalue weighted by atomic mass is 9.66. The second-order valence-corrected chi connectivity index (χ2v) is 8.36. The first-order chi connectivity index (χ1) is 13.3. The Morgan fingerprint density at radius 3 is 1.74 bits per heavy atom. The summed E-state index contributed by atoms with van der Waals surface area (Å²) in [5.41, 5.74) is -0.760. The standard InChI is InChI=1S/C10H14O3.C10H16O2.CH5P/c1-2-10-5-3-9(4-6-10,7-13-10)8(11)12;1-2-10-5-3-9(7-11,4-6-10)8-12-10;1-2/h2H,1,3-7H2,(H,11,12);2,11H,1,3-8H2;2H2,1H3/i;;2D. The van der Waals surface area contributed by atoms with E-state index >= 15 is 0 Å². The van der Waals surface area contributed by atoms with Gasteiger partial charge in [0.25, 0.3) is 0 Å². The third-order valence-electron chi connectivity index (χ3n) is 7.05. The van der Waals surface area contributed by atoms with Crippen LogP contribution in [0.25, 0.3) is 0 Å². The first-order valence-corrected chi connectivity index (χ1v) is 10.8. The average molecular weight is 399 g/mol. The van der Waals surface area contributed by atoms with Gasteiger partial charge in [-0.25, -0.2) is 0 Å². The second-order valence-electron chi connectivity index (χ2n) is 8.36. The molecular weight excluding hydrogens is 363 g/mol. The summed E-state index contributed by atoms with van der Waals surface area (Å²) in [4.78, 5) is 11.0.